The molecule has 0 bridgehead atoms. The van der Waals surface area contributed by atoms with Gasteiger partial charge in [0.15, 0.2) is 9.92 Å². The molecule has 1 aromatic rings. The standard InChI is InChI=1S/C18H24N6O3S/c1-10-15(11-5-6-11)22-13-4-2-3-12(13)16(10)23-18(25)24-28(20,26)14(9-19)17-21-7-8-27-17/h9,11H,2-8,19H2,1H3,(H3,20,22,23,24,25,26)/b14-9+. The highest BCUT2D eigenvalue weighted by Crippen LogP contribution is 2.44. The summed E-state index contributed by atoms with van der Waals surface area (Å²) in [7, 11) is -3.59. The van der Waals surface area contributed by atoms with Crippen LogP contribution < -0.4 is 16.2 Å². The number of carbonyl (C=O) groups is 1. The van der Waals surface area contributed by atoms with Crippen LogP contribution in [0.4, 0.5) is 10.5 Å². The van der Waals surface area contributed by atoms with Crippen molar-refractivity contribution in [2.24, 2.45) is 20.2 Å². The van der Waals surface area contributed by atoms with Crippen LogP contribution in [0.2, 0.25) is 0 Å². The molecule has 0 saturated heterocycles. The van der Waals surface area contributed by atoms with Crippen molar-refractivity contribution >= 4 is 27.5 Å². The summed E-state index contributed by atoms with van der Waals surface area (Å²) in [5, 5.41) is 8.63. The molecule has 9 nitrogen and oxygen atoms in total. The lowest BCUT2D eigenvalue weighted by atomic mass is 10.0. The van der Waals surface area contributed by atoms with E-state index in [4.69, 9.17) is 20.6 Å². The van der Waals surface area contributed by atoms with Crippen molar-refractivity contribution in [3.8, 4) is 0 Å². The van der Waals surface area contributed by atoms with E-state index in [0.29, 0.717) is 19.1 Å². The summed E-state index contributed by atoms with van der Waals surface area (Å²) in [4.78, 5) is 21.4. The summed E-state index contributed by atoms with van der Waals surface area (Å²) in [6, 6.07) is -0.782. The van der Waals surface area contributed by atoms with Crippen LogP contribution in [0.1, 0.15) is 47.7 Å². The van der Waals surface area contributed by atoms with Crippen molar-refractivity contribution < 1.29 is 13.7 Å². The van der Waals surface area contributed by atoms with E-state index in [1.807, 2.05) is 6.92 Å². The molecule has 1 fully saturated rings. The van der Waals surface area contributed by atoms with E-state index in [1.165, 1.54) is 0 Å². The Morgan fingerprint density at radius 3 is 2.82 bits per heavy atom. The third kappa shape index (κ3) is 3.49. The summed E-state index contributed by atoms with van der Waals surface area (Å²) >= 11 is 0. The van der Waals surface area contributed by atoms with Crippen LogP contribution in [0.15, 0.2) is 20.5 Å². The number of nitrogens with two attached hydrogens (primary N) is 2. The molecule has 5 N–H and O–H groups in total. The Bertz CT molecular complexity index is 1020. The molecule has 1 unspecified atom stereocenters. The maximum absolute atomic E-state index is 12.8. The summed E-state index contributed by atoms with van der Waals surface area (Å²) in [5.74, 6) is 0.532. The van der Waals surface area contributed by atoms with Gasteiger partial charge in [-0.15, -0.1) is 4.36 Å². The van der Waals surface area contributed by atoms with E-state index >= 15 is 0 Å². The van der Waals surface area contributed by atoms with Gasteiger partial charge < -0.3 is 15.8 Å². The number of fused-ring (bicyclic) bond motifs is 1. The minimum absolute atomic E-state index is 0.0727. The van der Waals surface area contributed by atoms with Gasteiger partial charge in [0, 0.05) is 23.5 Å². The Kier molecular flexibility index (Phi) is 4.84. The zero-order chi connectivity index (χ0) is 19.9. The average Bonchev–Trinajstić information content (AvgIpc) is 3.13. The number of rotatable bonds is 4. The molecule has 28 heavy (non-hydrogen) atoms. The van der Waals surface area contributed by atoms with Crippen LogP contribution in [0.5, 0.6) is 0 Å². The van der Waals surface area contributed by atoms with Gasteiger partial charge in [0.05, 0.1) is 12.2 Å². The molecule has 2 heterocycles. The molecule has 150 valence electrons. The lowest BCUT2D eigenvalue weighted by Gasteiger charge is -2.16. The van der Waals surface area contributed by atoms with Crippen LogP contribution in [-0.4, -0.2) is 34.3 Å². The van der Waals surface area contributed by atoms with E-state index < -0.39 is 15.9 Å². The number of anilines is 1. The number of hydrogen-bond acceptors (Lipinski definition) is 6. The molecule has 1 atom stereocenters. The van der Waals surface area contributed by atoms with Gasteiger partial charge in [0.1, 0.15) is 11.5 Å². The lowest BCUT2D eigenvalue weighted by Crippen LogP contribution is -2.25. The second-order valence-corrected chi connectivity index (χ2v) is 8.97. The number of amides is 2. The normalized spacial score (nSPS) is 20.8. The Morgan fingerprint density at radius 2 is 2.18 bits per heavy atom. The van der Waals surface area contributed by atoms with Crippen molar-refractivity contribution in [2.75, 3.05) is 18.5 Å². The molecule has 2 aliphatic carbocycles. The largest absolute Gasteiger partial charge is 0.475 e. The number of aromatic nitrogens is 1. The molecule has 10 heteroatoms. The van der Waals surface area contributed by atoms with Gasteiger partial charge in [-0.2, -0.15) is 0 Å². The molecule has 1 aromatic heterocycles. The summed E-state index contributed by atoms with van der Waals surface area (Å²) in [5.41, 5.74) is 10.3. The zero-order valence-corrected chi connectivity index (χ0v) is 16.6. The zero-order valence-electron chi connectivity index (χ0n) is 15.7. The van der Waals surface area contributed by atoms with Crippen LogP contribution in [0.3, 0.4) is 0 Å². The van der Waals surface area contributed by atoms with Gasteiger partial charge in [-0.3, -0.25) is 4.98 Å². The number of hydrogen-bond donors (Lipinski definition) is 3. The predicted octanol–water partition coefficient (Wildman–Crippen LogP) is 1.86. The SMILES string of the molecule is Cc1c(C2CC2)nc2c(c1NC(=O)N=S(N)(=O)/C(=C/N)C1=NCCO1)CCC2. The fourth-order valence-electron chi connectivity index (χ4n) is 3.71. The predicted molar refractivity (Wildman–Crippen MR) is 107 cm³/mol. The van der Waals surface area contributed by atoms with Crippen molar-refractivity contribution in [3.05, 3.63) is 33.6 Å². The topological polar surface area (TPSA) is 145 Å². The highest BCUT2D eigenvalue weighted by atomic mass is 32.2. The number of ether oxygens (including phenoxy) is 1. The first kappa shape index (κ1) is 18.9. The average molecular weight is 404 g/mol. The molecule has 4 rings (SSSR count). The van der Waals surface area contributed by atoms with Crippen LogP contribution >= 0.6 is 0 Å². The maximum atomic E-state index is 12.8. The molecule has 1 aliphatic heterocycles. The van der Waals surface area contributed by atoms with Crippen LogP contribution in [-0.2, 0) is 27.5 Å². The van der Waals surface area contributed by atoms with Gasteiger partial charge >= 0.3 is 6.03 Å². The number of nitrogens with one attached hydrogen (secondary N) is 1. The smallest absolute Gasteiger partial charge is 0.354 e. The third-order valence-corrected chi connectivity index (χ3v) is 6.56. The first-order chi connectivity index (χ1) is 13.4. The van der Waals surface area contributed by atoms with Gasteiger partial charge in [-0.25, -0.2) is 19.1 Å². The minimum atomic E-state index is -3.59. The van der Waals surface area contributed by atoms with Crippen molar-refractivity contribution in [1.29, 1.82) is 0 Å². The number of carbonyl (C=O) groups excluding carboxylic acids is 1. The van der Waals surface area contributed by atoms with E-state index in [-0.39, 0.29) is 10.8 Å². The van der Waals surface area contributed by atoms with Crippen molar-refractivity contribution in [1.82, 2.24) is 4.98 Å². The Morgan fingerprint density at radius 1 is 1.39 bits per heavy atom. The Labute approximate surface area is 164 Å². The van der Waals surface area contributed by atoms with E-state index in [2.05, 4.69) is 14.7 Å². The first-order valence-corrected chi connectivity index (χ1v) is 11.0. The fourth-order valence-corrected chi connectivity index (χ4v) is 4.67. The number of aryl methyl sites for hydroxylation is 1. The van der Waals surface area contributed by atoms with Crippen LogP contribution in [0, 0.1) is 6.92 Å². The van der Waals surface area contributed by atoms with Gasteiger partial charge in [0.2, 0.25) is 5.90 Å². The molecule has 2 amide bonds. The Hall–Kier alpha value is -2.46. The first-order valence-electron chi connectivity index (χ1n) is 9.38. The fraction of sp³-hybridized carbons (Fsp3) is 0.500. The number of aliphatic imine (C=N–C) groups is 1. The monoisotopic (exact) mass is 404 g/mol. The van der Waals surface area contributed by atoms with Crippen molar-refractivity contribution in [2.45, 2.75) is 44.9 Å². The molecule has 0 radical (unpaired) electrons. The van der Waals surface area contributed by atoms with E-state index in [1.54, 1.807) is 0 Å². The molecule has 1 saturated carbocycles. The second-order valence-electron chi connectivity index (χ2n) is 7.21. The van der Waals surface area contributed by atoms with Gasteiger partial charge in [-0.05, 0) is 50.2 Å². The van der Waals surface area contributed by atoms with Gasteiger partial charge in [-0.1, -0.05) is 0 Å². The van der Waals surface area contributed by atoms with Crippen LogP contribution in [0.25, 0.3) is 0 Å². The lowest BCUT2D eigenvalue weighted by molar-refractivity contribution is 0.260. The quantitative estimate of drug-likeness (QED) is 0.701. The van der Waals surface area contributed by atoms with Crippen molar-refractivity contribution in [3.63, 3.8) is 0 Å². The molecule has 0 aromatic carbocycles. The highest BCUT2D eigenvalue weighted by molar-refractivity contribution is 7.96. The maximum Gasteiger partial charge on any atom is 0.354 e. The Balaban J connectivity index is 1.65. The number of nitrogens with zero attached hydrogens (tertiary/aromatic N) is 3. The minimum Gasteiger partial charge on any atom is -0.475 e. The molecular weight excluding hydrogens is 380 g/mol. The van der Waals surface area contributed by atoms with E-state index in [0.717, 1.165) is 66.5 Å². The number of urea groups is 1. The number of pyridine rings is 1. The van der Waals surface area contributed by atoms with Gasteiger partial charge in [0.25, 0.3) is 0 Å². The molecule has 3 aliphatic rings. The summed E-state index contributed by atoms with van der Waals surface area (Å²) in [6.45, 7) is 2.72. The second kappa shape index (κ2) is 7.17. The summed E-state index contributed by atoms with van der Waals surface area (Å²) < 4.78 is 21.8. The molecular formula is C18H24N6O3S. The summed E-state index contributed by atoms with van der Waals surface area (Å²) in [6.07, 6.45) is 6.02. The van der Waals surface area contributed by atoms with E-state index in [9.17, 15) is 9.00 Å². The molecule has 0 spiro atoms. The third-order valence-electron chi connectivity index (χ3n) is 5.18. The highest BCUT2D eigenvalue weighted by Gasteiger charge is 2.31.